The van der Waals surface area contributed by atoms with Gasteiger partial charge >= 0.3 is 0 Å². The average molecular weight is 407 g/mol. The van der Waals surface area contributed by atoms with Gasteiger partial charge in [0.2, 0.25) is 0 Å². The molecule has 152 valence electrons. The highest BCUT2D eigenvalue weighted by molar-refractivity contribution is 5.90. The maximum absolute atomic E-state index is 14.3. The Morgan fingerprint density at radius 1 is 1.23 bits per heavy atom. The number of hydrogen-bond acceptors (Lipinski definition) is 5. The summed E-state index contributed by atoms with van der Waals surface area (Å²) in [4.78, 5) is 12.6. The third-order valence-corrected chi connectivity index (χ3v) is 5.10. The van der Waals surface area contributed by atoms with Gasteiger partial charge < -0.3 is 10.6 Å². The molecule has 8 heteroatoms. The van der Waals surface area contributed by atoms with Crippen LogP contribution in [0.3, 0.4) is 0 Å². The van der Waals surface area contributed by atoms with Crippen molar-refractivity contribution in [2.45, 2.75) is 26.1 Å². The normalized spacial score (nSPS) is 18.1. The van der Waals surface area contributed by atoms with Crippen LogP contribution in [0.15, 0.2) is 60.1 Å². The molecule has 2 aromatic rings. The number of halogens is 2. The van der Waals surface area contributed by atoms with E-state index in [2.05, 4.69) is 22.1 Å². The highest BCUT2D eigenvalue weighted by atomic mass is 19.1. The summed E-state index contributed by atoms with van der Waals surface area (Å²) in [5.74, 6) is -0.968. The molecule has 30 heavy (non-hydrogen) atoms. The third kappa shape index (κ3) is 3.82. The van der Waals surface area contributed by atoms with Crippen LogP contribution in [0.1, 0.15) is 30.0 Å². The number of hydrazine groups is 1. The Labute approximate surface area is 172 Å². The summed E-state index contributed by atoms with van der Waals surface area (Å²) in [7, 11) is 0. The third-order valence-electron chi connectivity index (χ3n) is 5.10. The van der Waals surface area contributed by atoms with E-state index in [9.17, 15) is 13.6 Å². The second-order valence-corrected chi connectivity index (χ2v) is 7.13. The molecule has 2 aromatic carbocycles. The Balaban J connectivity index is 1.48. The number of fused-ring (bicyclic) bond motifs is 1. The van der Waals surface area contributed by atoms with Crippen molar-refractivity contribution in [3.8, 4) is 6.07 Å². The lowest BCUT2D eigenvalue weighted by molar-refractivity contribution is -0.133. The van der Waals surface area contributed by atoms with Crippen molar-refractivity contribution in [3.05, 3.63) is 88.4 Å². The summed E-state index contributed by atoms with van der Waals surface area (Å²) < 4.78 is 27.6. The fraction of sp³-hybridized carbons (Fsp3) is 0.182. The fourth-order valence-electron chi connectivity index (χ4n) is 3.54. The summed E-state index contributed by atoms with van der Waals surface area (Å²) in [6.45, 7) is 2.22. The zero-order valence-corrected chi connectivity index (χ0v) is 16.2. The van der Waals surface area contributed by atoms with Crippen molar-refractivity contribution in [2.24, 2.45) is 0 Å². The highest BCUT2D eigenvalue weighted by Crippen LogP contribution is 2.31. The van der Waals surface area contributed by atoms with Crippen LogP contribution < -0.4 is 16.1 Å². The molecule has 0 saturated carbocycles. The molecule has 0 saturated heterocycles. The number of nitrogens with one attached hydrogen (secondary N) is 3. The Kier molecular flexibility index (Phi) is 5.11. The van der Waals surface area contributed by atoms with E-state index in [1.54, 1.807) is 19.1 Å². The molecule has 0 radical (unpaired) electrons. The van der Waals surface area contributed by atoms with Crippen molar-refractivity contribution in [3.63, 3.8) is 0 Å². The smallest absolute Gasteiger partial charge is 0.270 e. The largest absolute Gasteiger partial charge is 0.368 e. The van der Waals surface area contributed by atoms with Crippen LogP contribution in [0.2, 0.25) is 0 Å². The van der Waals surface area contributed by atoms with Crippen LogP contribution in [0.25, 0.3) is 5.57 Å². The lowest BCUT2D eigenvalue weighted by atomic mass is 9.96. The second kappa shape index (κ2) is 7.87. The molecule has 2 heterocycles. The van der Waals surface area contributed by atoms with Gasteiger partial charge in [-0.15, -0.1) is 0 Å². The number of nitrogens with zero attached hydrogens (tertiary/aromatic N) is 2. The quantitative estimate of drug-likeness (QED) is 0.726. The number of carbonyl (C=O) groups excluding carboxylic acids is 1. The first-order chi connectivity index (χ1) is 14.4. The molecule has 0 aromatic heterocycles. The van der Waals surface area contributed by atoms with Gasteiger partial charge in [-0.2, -0.15) is 5.26 Å². The average Bonchev–Trinajstić information content (AvgIpc) is 2.73. The predicted octanol–water partition coefficient (Wildman–Crippen LogP) is 2.86. The first-order valence-electron chi connectivity index (χ1n) is 9.41. The number of nitriles is 1. The van der Waals surface area contributed by atoms with Crippen molar-refractivity contribution >= 4 is 11.5 Å². The summed E-state index contributed by atoms with van der Waals surface area (Å²) in [6, 6.07) is 12.7. The maximum atomic E-state index is 14.3. The number of hydrogen-bond donors (Lipinski definition) is 3. The summed E-state index contributed by atoms with van der Waals surface area (Å²) in [5.41, 5.74) is 6.14. The molecule has 0 aliphatic carbocycles. The molecule has 2 aliphatic rings. The van der Waals surface area contributed by atoms with Gasteiger partial charge in [-0.05, 0) is 42.3 Å². The molecule has 1 amide bonds. The van der Waals surface area contributed by atoms with Gasteiger partial charge in [0.1, 0.15) is 23.6 Å². The predicted molar refractivity (Wildman–Crippen MR) is 107 cm³/mol. The zero-order chi connectivity index (χ0) is 21.3. The summed E-state index contributed by atoms with van der Waals surface area (Å²) in [5, 5.41) is 16.7. The van der Waals surface area contributed by atoms with Crippen LogP contribution in [0, 0.1) is 23.0 Å². The van der Waals surface area contributed by atoms with E-state index in [-0.39, 0.29) is 5.91 Å². The Morgan fingerprint density at radius 2 is 2.00 bits per heavy atom. The van der Waals surface area contributed by atoms with E-state index in [1.165, 1.54) is 23.2 Å². The first kappa shape index (κ1) is 19.5. The van der Waals surface area contributed by atoms with Crippen LogP contribution in [0.4, 0.5) is 8.78 Å². The van der Waals surface area contributed by atoms with Gasteiger partial charge in [0.15, 0.2) is 0 Å². The second-order valence-electron chi connectivity index (χ2n) is 7.13. The van der Waals surface area contributed by atoms with E-state index in [0.717, 1.165) is 11.6 Å². The molecule has 1 atom stereocenters. The van der Waals surface area contributed by atoms with Gasteiger partial charge in [0, 0.05) is 36.4 Å². The van der Waals surface area contributed by atoms with Crippen molar-refractivity contribution in [2.75, 3.05) is 0 Å². The lowest BCUT2D eigenvalue weighted by Crippen LogP contribution is -2.60. The molecule has 0 spiro atoms. The molecular formula is C22H19F2N5O. The van der Waals surface area contributed by atoms with Crippen molar-refractivity contribution in [1.29, 1.82) is 5.26 Å². The zero-order valence-electron chi connectivity index (χ0n) is 16.2. The van der Waals surface area contributed by atoms with E-state index >= 15 is 0 Å². The van der Waals surface area contributed by atoms with Gasteiger partial charge in [0.25, 0.3) is 5.91 Å². The number of allylic oxidation sites excluding steroid dienone is 1. The van der Waals surface area contributed by atoms with Gasteiger partial charge in [-0.25, -0.2) is 13.8 Å². The first-order valence-corrected chi connectivity index (χ1v) is 9.41. The number of amides is 1. The van der Waals surface area contributed by atoms with Gasteiger partial charge in [0.05, 0.1) is 11.6 Å². The van der Waals surface area contributed by atoms with Gasteiger partial charge in [-0.3, -0.25) is 10.2 Å². The minimum absolute atomic E-state index is 0.237. The van der Waals surface area contributed by atoms with Crippen LogP contribution in [-0.4, -0.2) is 17.1 Å². The van der Waals surface area contributed by atoms with E-state index in [1.807, 2.05) is 12.1 Å². The van der Waals surface area contributed by atoms with Crippen molar-refractivity contribution < 1.29 is 13.6 Å². The Hall–Kier alpha value is -3.86. The molecule has 3 N–H and O–H groups in total. The van der Waals surface area contributed by atoms with Crippen molar-refractivity contribution in [1.82, 2.24) is 21.1 Å². The SMILES string of the molecule is CC1=C(c2ccc(F)cc2F)CC2NC(NCc3ccc(C#N)cc3)=CC(=O)N2N1. The molecule has 4 rings (SSSR count). The molecule has 1 unspecified atom stereocenters. The van der Waals surface area contributed by atoms with E-state index in [0.29, 0.717) is 41.2 Å². The Morgan fingerprint density at radius 3 is 2.70 bits per heavy atom. The standard InChI is InChI=1S/C22H19F2N5O/c1-13-18(17-7-6-16(23)8-19(17)24)9-21-27-20(10-22(30)29(21)28-13)26-12-15-4-2-14(11-25)3-5-15/h2-8,10,21,26-28H,9,12H2,1H3. The monoisotopic (exact) mass is 407 g/mol. The number of carbonyl (C=O) groups is 1. The van der Waals surface area contributed by atoms with E-state index in [4.69, 9.17) is 5.26 Å². The summed E-state index contributed by atoms with van der Waals surface area (Å²) in [6.07, 6.45) is 1.36. The lowest BCUT2D eigenvalue weighted by Gasteiger charge is -2.41. The maximum Gasteiger partial charge on any atom is 0.270 e. The van der Waals surface area contributed by atoms with Crippen LogP contribution in [0.5, 0.6) is 0 Å². The van der Waals surface area contributed by atoms with Gasteiger partial charge in [-0.1, -0.05) is 12.1 Å². The Bertz CT molecular complexity index is 1100. The number of benzene rings is 2. The topological polar surface area (TPSA) is 80.2 Å². The van der Waals surface area contributed by atoms with Crippen LogP contribution in [-0.2, 0) is 11.3 Å². The highest BCUT2D eigenvalue weighted by Gasteiger charge is 2.34. The molecular weight excluding hydrogens is 388 g/mol. The molecule has 6 nitrogen and oxygen atoms in total. The van der Waals surface area contributed by atoms with E-state index < -0.39 is 17.8 Å². The summed E-state index contributed by atoms with van der Waals surface area (Å²) >= 11 is 0. The minimum atomic E-state index is -0.642. The molecule has 0 fully saturated rings. The number of rotatable bonds is 4. The fourth-order valence-corrected chi connectivity index (χ4v) is 3.54. The minimum Gasteiger partial charge on any atom is -0.368 e. The van der Waals surface area contributed by atoms with Crippen LogP contribution >= 0.6 is 0 Å². The molecule has 0 bridgehead atoms. The molecule has 2 aliphatic heterocycles.